The molecule has 0 saturated heterocycles. The minimum Gasteiger partial charge on any atom is -0.423 e. The van der Waals surface area contributed by atoms with E-state index in [-0.39, 0.29) is 22.3 Å². The number of anilines is 5. The zero-order valence-corrected chi connectivity index (χ0v) is 18.5. The highest BCUT2D eigenvalue weighted by atomic mass is 16.4. The Labute approximate surface area is 210 Å². The topological polar surface area (TPSA) is 55.7 Å². The summed E-state index contributed by atoms with van der Waals surface area (Å²) in [7, 11) is -1.93. The van der Waals surface area contributed by atoms with E-state index in [0.717, 1.165) is 10.5 Å². The molecule has 0 heterocycles. The molecule has 4 nitrogen and oxygen atoms in total. The van der Waals surface area contributed by atoms with Crippen molar-refractivity contribution in [1.82, 2.24) is 0 Å². The molecule has 3 N–H and O–H groups in total. The van der Waals surface area contributed by atoms with E-state index in [9.17, 15) is 10.0 Å². The van der Waals surface area contributed by atoms with Crippen LogP contribution < -0.4 is 15.7 Å². The molecule has 5 heteroatoms. The van der Waals surface area contributed by atoms with Crippen molar-refractivity contribution in [1.29, 1.82) is 0 Å². The lowest BCUT2D eigenvalue weighted by Gasteiger charge is -2.26. The van der Waals surface area contributed by atoms with Crippen LogP contribution in [0.15, 0.2) is 103 Å². The van der Waals surface area contributed by atoms with Gasteiger partial charge in [-0.15, -0.1) is 0 Å². The molecular weight excluding hydrogens is 407 g/mol. The third kappa shape index (κ3) is 5.28. The molecule has 0 radical (unpaired) electrons. The normalized spacial score (nSPS) is 15.4. The standard InChI is InChI=1S/C28H29BN2O2/c1-28(2,3)21-14-16-22(17-15-21)30-27-20-25(18-19-26(27)29(32)33)31(23-10-6-4-7-11-23)24-12-8-5-9-13-24/h4-20,30,32-33H,1-3H3/i4D,5D,6D,7D,8D,9D,10D,11D,12D,13D. The molecule has 4 aromatic rings. The van der Waals surface area contributed by atoms with Gasteiger partial charge in [0.1, 0.15) is 0 Å². The van der Waals surface area contributed by atoms with Crippen molar-refractivity contribution in [2.75, 3.05) is 10.2 Å². The molecule has 0 unspecified atom stereocenters. The van der Waals surface area contributed by atoms with Crippen LogP contribution >= 0.6 is 0 Å². The van der Waals surface area contributed by atoms with Crippen molar-refractivity contribution in [3.05, 3.63) is 108 Å². The Kier molecular flexibility index (Phi) is 3.82. The highest BCUT2D eigenvalue weighted by Crippen LogP contribution is 2.35. The minimum atomic E-state index is -1.93. The van der Waals surface area contributed by atoms with E-state index in [1.165, 1.54) is 18.2 Å². The van der Waals surface area contributed by atoms with Crippen molar-refractivity contribution in [2.24, 2.45) is 0 Å². The minimum absolute atomic E-state index is 0.0234. The predicted octanol–water partition coefficient (Wildman–Crippen LogP) is 5.88. The van der Waals surface area contributed by atoms with E-state index < -0.39 is 78.9 Å². The molecule has 4 rings (SSSR count). The summed E-state index contributed by atoms with van der Waals surface area (Å²) in [6.45, 7) is 6.18. The summed E-state index contributed by atoms with van der Waals surface area (Å²) >= 11 is 0. The van der Waals surface area contributed by atoms with Crippen molar-refractivity contribution in [2.45, 2.75) is 26.2 Å². The second kappa shape index (κ2) is 9.53. The number of benzene rings is 4. The van der Waals surface area contributed by atoms with Crippen molar-refractivity contribution in [3.8, 4) is 0 Å². The van der Waals surface area contributed by atoms with E-state index in [4.69, 9.17) is 13.7 Å². The Bertz CT molecular complexity index is 1600. The lowest BCUT2D eigenvalue weighted by atomic mass is 9.78. The Morgan fingerprint density at radius 2 is 1.30 bits per heavy atom. The number of para-hydroxylation sites is 2. The number of nitrogens with one attached hydrogen (secondary N) is 1. The second-order valence-corrected chi connectivity index (χ2v) is 8.38. The predicted molar refractivity (Wildman–Crippen MR) is 139 cm³/mol. The Hall–Kier alpha value is -3.54. The van der Waals surface area contributed by atoms with Crippen LogP contribution in [-0.2, 0) is 5.41 Å². The van der Waals surface area contributed by atoms with E-state index in [2.05, 4.69) is 26.1 Å². The first kappa shape index (κ1) is 13.2. The number of rotatable bonds is 6. The van der Waals surface area contributed by atoms with Crippen molar-refractivity contribution in [3.63, 3.8) is 0 Å². The molecule has 4 aromatic carbocycles. The summed E-state index contributed by atoms with van der Waals surface area (Å²) in [4.78, 5) is 1.00. The first-order valence-corrected chi connectivity index (χ1v) is 10.3. The van der Waals surface area contributed by atoms with Gasteiger partial charge < -0.3 is 20.3 Å². The summed E-state index contributed by atoms with van der Waals surface area (Å²) in [6, 6.07) is 4.69. The lowest BCUT2D eigenvalue weighted by Crippen LogP contribution is -2.32. The molecule has 0 aliphatic rings. The maximum absolute atomic E-state index is 10.1. The largest absolute Gasteiger partial charge is 0.490 e. The maximum atomic E-state index is 10.1. The van der Waals surface area contributed by atoms with Crippen LogP contribution in [0.3, 0.4) is 0 Å². The van der Waals surface area contributed by atoms with Crippen LogP contribution in [0.2, 0.25) is 0 Å². The highest BCUT2D eigenvalue weighted by molar-refractivity contribution is 6.60. The van der Waals surface area contributed by atoms with Gasteiger partial charge in [-0.3, -0.25) is 0 Å². The molecule has 166 valence electrons. The van der Waals surface area contributed by atoms with Gasteiger partial charge in [-0.1, -0.05) is 75.2 Å². The van der Waals surface area contributed by atoms with Crippen molar-refractivity contribution < 1.29 is 23.8 Å². The van der Waals surface area contributed by atoms with Gasteiger partial charge in [0.2, 0.25) is 0 Å². The van der Waals surface area contributed by atoms with Gasteiger partial charge in [-0.2, -0.15) is 0 Å². The molecule has 0 aromatic heterocycles. The fourth-order valence-corrected chi connectivity index (χ4v) is 3.31. The molecule has 0 aliphatic heterocycles. The number of nitrogens with zero attached hydrogens (tertiary/aromatic N) is 1. The van der Waals surface area contributed by atoms with Crippen LogP contribution in [-0.4, -0.2) is 17.2 Å². The second-order valence-electron chi connectivity index (χ2n) is 8.38. The summed E-state index contributed by atoms with van der Waals surface area (Å²) in [5, 5.41) is 23.4. The van der Waals surface area contributed by atoms with Gasteiger partial charge in [0.05, 0.1) is 13.7 Å². The fourth-order valence-electron chi connectivity index (χ4n) is 3.31. The SMILES string of the molecule is [2H]c1c([2H])c([2H])c(N(c2ccc(B(O)O)c(Nc3ccc(C(C)(C)C)cc3)c2)c2c([2H])c([2H])c([2H])c([2H])c2[2H])c([2H])c1[2H]. The molecule has 0 fully saturated rings. The van der Waals surface area contributed by atoms with E-state index in [1.807, 2.05) is 12.1 Å². The molecule has 33 heavy (non-hydrogen) atoms. The lowest BCUT2D eigenvalue weighted by molar-refractivity contribution is 0.426. The first-order valence-electron chi connectivity index (χ1n) is 15.3. The van der Waals surface area contributed by atoms with Crippen LogP contribution in [0.1, 0.15) is 40.0 Å². The van der Waals surface area contributed by atoms with Gasteiger partial charge in [0.25, 0.3) is 0 Å². The third-order valence-corrected chi connectivity index (χ3v) is 5.02. The van der Waals surface area contributed by atoms with Gasteiger partial charge in [0, 0.05) is 33.9 Å². The first-order chi connectivity index (χ1) is 20.0. The fraction of sp³-hybridized carbons (Fsp3) is 0.143. The third-order valence-electron chi connectivity index (χ3n) is 5.02. The summed E-state index contributed by atoms with van der Waals surface area (Å²) in [5.41, 5.74) is 0.817. The van der Waals surface area contributed by atoms with Crippen LogP contribution in [0.4, 0.5) is 28.4 Å². The van der Waals surface area contributed by atoms with Gasteiger partial charge >= 0.3 is 7.12 Å². The van der Waals surface area contributed by atoms with Crippen LogP contribution in [0.25, 0.3) is 0 Å². The zero-order chi connectivity index (χ0) is 32.1. The molecule has 0 saturated carbocycles. The maximum Gasteiger partial charge on any atom is 0.490 e. The quantitative estimate of drug-likeness (QED) is 0.324. The number of hydrogen-bond acceptors (Lipinski definition) is 4. The smallest absolute Gasteiger partial charge is 0.423 e. The van der Waals surface area contributed by atoms with Gasteiger partial charge in [-0.25, -0.2) is 0 Å². The summed E-state index contributed by atoms with van der Waals surface area (Å²) in [6.07, 6.45) is 0. The Balaban J connectivity index is 2.03. The van der Waals surface area contributed by atoms with Crippen LogP contribution in [0, 0.1) is 0 Å². The molecular formula is C28H29BN2O2. The summed E-state index contributed by atoms with van der Waals surface area (Å²) < 4.78 is 83.3. The van der Waals surface area contributed by atoms with Gasteiger partial charge in [-0.05, 0) is 59.4 Å². The van der Waals surface area contributed by atoms with Crippen molar-refractivity contribution >= 4 is 41.0 Å². The Morgan fingerprint density at radius 3 is 1.79 bits per heavy atom. The monoisotopic (exact) mass is 446 g/mol. The zero-order valence-electron chi connectivity index (χ0n) is 28.5. The average molecular weight is 446 g/mol. The number of hydrogen-bond donors (Lipinski definition) is 3. The summed E-state index contributed by atoms with van der Waals surface area (Å²) in [5.74, 6) is 0. The molecule has 0 spiro atoms. The van der Waals surface area contributed by atoms with E-state index >= 15 is 0 Å². The average Bonchev–Trinajstić information content (AvgIpc) is 2.96. The molecule has 0 atom stereocenters. The van der Waals surface area contributed by atoms with E-state index in [0.29, 0.717) is 5.69 Å². The molecule has 0 bridgehead atoms. The van der Waals surface area contributed by atoms with E-state index in [1.54, 1.807) is 12.1 Å². The van der Waals surface area contributed by atoms with Gasteiger partial charge in [0.15, 0.2) is 0 Å². The molecule has 0 amide bonds. The molecule has 0 aliphatic carbocycles. The highest BCUT2D eigenvalue weighted by Gasteiger charge is 2.20. The Morgan fingerprint density at radius 1 is 0.758 bits per heavy atom. The van der Waals surface area contributed by atoms with Crippen LogP contribution in [0.5, 0.6) is 0 Å².